The van der Waals surface area contributed by atoms with E-state index in [2.05, 4.69) is 4.57 Å². The molecule has 0 radical (unpaired) electrons. The zero-order valence-corrected chi connectivity index (χ0v) is 22.3. The van der Waals surface area contributed by atoms with Crippen LogP contribution in [0.1, 0.15) is 55.1 Å². The van der Waals surface area contributed by atoms with Crippen LogP contribution in [0.3, 0.4) is 0 Å². The molecule has 0 spiro atoms. The van der Waals surface area contributed by atoms with Crippen LogP contribution in [-0.4, -0.2) is 53.1 Å². The lowest BCUT2D eigenvalue weighted by atomic mass is 9.90. The fourth-order valence-electron chi connectivity index (χ4n) is 6.37. The molecule has 0 bridgehead atoms. The number of aliphatic carboxylic acids is 1. The van der Waals surface area contributed by atoms with Gasteiger partial charge in [-0.2, -0.15) is 0 Å². The first-order valence-corrected chi connectivity index (χ1v) is 13.7. The largest absolute Gasteiger partial charge is 0.481 e. The Bertz CT molecular complexity index is 1550. The minimum Gasteiger partial charge on any atom is -0.481 e. The van der Waals surface area contributed by atoms with Crippen LogP contribution in [0.15, 0.2) is 54.6 Å². The van der Waals surface area contributed by atoms with Crippen LogP contribution in [0.2, 0.25) is 0 Å². The quantitative estimate of drug-likeness (QED) is 0.349. The van der Waals surface area contributed by atoms with Crippen molar-refractivity contribution in [2.24, 2.45) is 0 Å². The number of nitrogens with zero attached hydrogens (tertiary/aromatic N) is 3. The van der Waals surface area contributed by atoms with E-state index in [0.29, 0.717) is 6.61 Å². The third-order valence-electron chi connectivity index (χ3n) is 8.28. The second kappa shape index (κ2) is 10.3. The maximum absolute atomic E-state index is 12.8. The number of anilines is 1. The first kappa shape index (κ1) is 25.4. The lowest BCUT2D eigenvalue weighted by Crippen LogP contribution is -2.42. The van der Waals surface area contributed by atoms with Crippen molar-refractivity contribution >= 4 is 39.6 Å². The molecule has 202 valence electrons. The molecule has 1 amide bonds. The number of carbonyl (C=O) groups is 2. The minimum atomic E-state index is -0.877. The van der Waals surface area contributed by atoms with E-state index in [1.54, 1.807) is 4.90 Å². The Labute approximate surface area is 227 Å². The second-order valence-electron chi connectivity index (χ2n) is 10.6. The number of aryl methyl sites for hydroxylation is 1. The molecule has 2 aliphatic rings. The summed E-state index contributed by atoms with van der Waals surface area (Å²) >= 11 is 0. The molecule has 6 rings (SSSR count). The Morgan fingerprint density at radius 1 is 1.13 bits per heavy atom. The Kier molecular flexibility index (Phi) is 6.73. The van der Waals surface area contributed by atoms with E-state index >= 15 is 0 Å². The van der Waals surface area contributed by atoms with Crippen molar-refractivity contribution in [2.45, 2.75) is 57.0 Å². The van der Waals surface area contributed by atoms with Gasteiger partial charge < -0.3 is 19.1 Å². The maximum Gasteiger partial charge on any atom is 0.414 e. The molecule has 3 heterocycles. The minimum absolute atomic E-state index is 0.0125. The highest BCUT2D eigenvalue weighted by atomic mass is 16.5. The van der Waals surface area contributed by atoms with Gasteiger partial charge in [0.2, 0.25) is 0 Å². The predicted molar refractivity (Wildman–Crippen MR) is 150 cm³/mol. The summed E-state index contributed by atoms with van der Waals surface area (Å²) in [6, 6.07) is 17.8. The van der Waals surface area contributed by atoms with Gasteiger partial charge >= 0.3 is 12.1 Å². The third-order valence-corrected chi connectivity index (χ3v) is 8.28. The van der Waals surface area contributed by atoms with E-state index in [-0.39, 0.29) is 24.6 Å². The molecule has 3 unspecified atom stereocenters. The number of methoxy groups -OCH3 is 1. The molecule has 8 nitrogen and oxygen atoms in total. The molecule has 8 heteroatoms. The van der Waals surface area contributed by atoms with Crippen molar-refractivity contribution in [1.82, 2.24) is 9.55 Å². The van der Waals surface area contributed by atoms with E-state index in [9.17, 15) is 14.7 Å². The number of aromatic nitrogens is 2. The SMILES string of the molecule is COC(=O)N1c2ccc3c(nc(CC(C(=O)O)c4cccc5ccccc45)n3C3CCCOC3)c2CCC1C. The molecular weight excluding hydrogens is 494 g/mol. The summed E-state index contributed by atoms with van der Waals surface area (Å²) in [4.78, 5) is 32.3. The van der Waals surface area contributed by atoms with Crippen molar-refractivity contribution in [2.75, 3.05) is 25.2 Å². The van der Waals surface area contributed by atoms with Crippen LogP contribution in [0.5, 0.6) is 0 Å². The summed E-state index contributed by atoms with van der Waals surface area (Å²) in [5.41, 5.74) is 4.39. The smallest absolute Gasteiger partial charge is 0.414 e. The average molecular weight is 528 g/mol. The van der Waals surface area contributed by atoms with E-state index in [4.69, 9.17) is 14.5 Å². The topological polar surface area (TPSA) is 93.9 Å². The predicted octanol–water partition coefficient (Wildman–Crippen LogP) is 5.86. The summed E-state index contributed by atoms with van der Waals surface area (Å²) in [6.07, 6.45) is 3.32. The molecule has 1 N–H and O–H groups in total. The molecule has 3 atom stereocenters. The normalized spacial score (nSPS) is 20.1. The van der Waals surface area contributed by atoms with Gasteiger partial charge in [0.05, 0.1) is 42.4 Å². The molecule has 0 saturated carbocycles. The Balaban J connectivity index is 1.51. The van der Waals surface area contributed by atoms with Crippen LogP contribution in [0.25, 0.3) is 21.8 Å². The number of fused-ring (bicyclic) bond motifs is 4. The summed E-state index contributed by atoms with van der Waals surface area (Å²) in [5.74, 6) is -0.909. The Hall–Kier alpha value is -3.91. The summed E-state index contributed by atoms with van der Waals surface area (Å²) < 4.78 is 13.2. The van der Waals surface area contributed by atoms with E-state index in [1.165, 1.54) is 7.11 Å². The van der Waals surface area contributed by atoms with Crippen LogP contribution in [0.4, 0.5) is 10.5 Å². The number of carboxylic acid groups (broad SMARTS) is 1. The van der Waals surface area contributed by atoms with Gasteiger partial charge in [0.1, 0.15) is 5.82 Å². The average Bonchev–Trinajstić information content (AvgIpc) is 3.34. The van der Waals surface area contributed by atoms with Crippen LogP contribution < -0.4 is 4.90 Å². The second-order valence-corrected chi connectivity index (χ2v) is 10.6. The molecule has 39 heavy (non-hydrogen) atoms. The summed E-state index contributed by atoms with van der Waals surface area (Å²) in [5, 5.41) is 12.4. The molecule has 1 fully saturated rings. The van der Waals surface area contributed by atoms with Gasteiger partial charge in [0, 0.05) is 24.6 Å². The third kappa shape index (κ3) is 4.42. The van der Waals surface area contributed by atoms with Crippen molar-refractivity contribution in [3.05, 3.63) is 71.5 Å². The van der Waals surface area contributed by atoms with Gasteiger partial charge in [-0.05, 0) is 61.1 Å². The van der Waals surface area contributed by atoms with Crippen LogP contribution in [-0.2, 0) is 27.1 Å². The summed E-state index contributed by atoms with van der Waals surface area (Å²) in [7, 11) is 1.40. The number of benzene rings is 3. The first-order chi connectivity index (χ1) is 19.0. The lowest BCUT2D eigenvalue weighted by Gasteiger charge is -2.34. The lowest BCUT2D eigenvalue weighted by molar-refractivity contribution is -0.138. The van der Waals surface area contributed by atoms with Gasteiger partial charge in [-0.25, -0.2) is 9.78 Å². The Morgan fingerprint density at radius 2 is 1.95 bits per heavy atom. The highest BCUT2D eigenvalue weighted by Crippen LogP contribution is 2.39. The molecule has 3 aromatic carbocycles. The van der Waals surface area contributed by atoms with E-state index < -0.39 is 11.9 Å². The molecule has 1 aromatic heterocycles. The fraction of sp³-hybridized carbons (Fsp3) is 0.387. The van der Waals surface area contributed by atoms with Crippen LogP contribution >= 0.6 is 0 Å². The molecule has 1 saturated heterocycles. The zero-order valence-electron chi connectivity index (χ0n) is 22.3. The number of hydrogen-bond acceptors (Lipinski definition) is 5. The number of carbonyl (C=O) groups excluding carboxylic acids is 1. The van der Waals surface area contributed by atoms with Gasteiger partial charge in [-0.15, -0.1) is 0 Å². The maximum atomic E-state index is 12.8. The standard InChI is InChI=1S/C31H33N3O5/c1-19-12-13-24-26(33(19)31(37)38-2)14-15-27-29(24)32-28(34(27)21-9-6-16-39-18-21)17-25(30(35)36)23-11-5-8-20-7-3-4-10-22(20)23/h3-5,7-8,10-11,14-15,19,21,25H,6,9,12-13,16-18H2,1-2H3,(H,35,36). The number of ether oxygens (including phenoxy) is 2. The summed E-state index contributed by atoms with van der Waals surface area (Å²) in [6.45, 7) is 3.32. The van der Waals surface area contributed by atoms with E-state index in [0.717, 1.165) is 76.7 Å². The van der Waals surface area contributed by atoms with Gasteiger partial charge in [-0.1, -0.05) is 42.5 Å². The van der Waals surface area contributed by atoms with Gasteiger partial charge in [0.25, 0.3) is 0 Å². The molecular formula is C31H33N3O5. The van der Waals surface area contributed by atoms with Crippen LogP contribution in [0, 0.1) is 0 Å². The van der Waals surface area contributed by atoms with Crippen molar-refractivity contribution in [1.29, 1.82) is 0 Å². The molecule has 2 aliphatic heterocycles. The number of hydrogen-bond donors (Lipinski definition) is 1. The van der Waals surface area contributed by atoms with Crippen molar-refractivity contribution < 1.29 is 24.2 Å². The highest BCUT2D eigenvalue weighted by molar-refractivity contribution is 5.96. The Morgan fingerprint density at radius 3 is 2.72 bits per heavy atom. The number of rotatable bonds is 5. The monoisotopic (exact) mass is 527 g/mol. The van der Waals surface area contributed by atoms with Gasteiger partial charge in [0.15, 0.2) is 0 Å². The fourth-order valence-corrected chi connectivity index (χ4v) is 6.37. The van der Waals surface area contributed by atoms with Gasteiger partial charge in [-0.3, -0.25) is 9.69 Å². The van der Waals surface area contributed by atoms with E-state index in [1.807, 2.05) is 61.5 Å². The molecule has 4 aromatic rings. The zero-order chi connectivity index (χ0) is 27.1. The van der Waals surface area contributed by atoms with Crippen molar-refractivity contribution in [3.8, 4) is 0 Å². The highest BCUT2D eigenvalue weighted by Gasteiger charge is 2.33. The molecule has 0 aliphatic carbocycles. The number of amides is 1. The number of carboxylic acids is 1. The first-order valence-electron chi connectivity index (χ1n) is 13.7. The van der Waals surface area contributed by atoms with Crippen molar-refractivity contribution in [3.63, 3.8) is 0 Å². The number of imidazole rings is 1.